The predicted molar refractivity (Wildman–Crippen MR) is 82.6 cm³/mol. The molecule has 3 heteroatoms. The van der Waals surface area contributed by atoms with Crippen LogP contribution in [-0.4, -0.2) is 17.9 Å². The van der Waals surface area contributed by atoms with E-state index in [4.69, 9.17) is 5.73 Å². The van der Waals surface area contributed by atoms with E-state index in [1.807, 2.05) is 38.1 Å². The molecule has 2 aromatic rings. The first kappa shape index (κ1) is 14.1. The molecule has 0 saturated carbocycles. The van der Waals surface area contributed by atoms with Gasteiger partial charge in [0.1, 0.15) is 0 Å². The second-order valence-electron chi connectivity index (χ2n) is 5.22. The Morgan fingerprint density at radius 2 is 1.75 bits per heavy atom. The molecule has 3 nitrogen and oxygen atoms in total. The highest BCUT2D eigenvalue weighted by molar-refractivity contribution is 5.95. The van der Waals surface area contributed by atoms with Gasteiger partial charge in [-0.3, -0.25) is 4.79 Å². The minimum Gasteiger partial charge on any atom is -0.398 e. The lowest BCUT2D eigenvalue weighted by atomic mass is 10.1. The summed E-state index contributed by atoms with van der Waals surface area (Å²) in [6.07, 6.45) is 0. The van der Waals surface area contributed by atoms with Crippen molar-refractivity contribution >= 4 is 11.6 Å². The van der Waals surface area contributed by atoms with Crippen LogP contribution in [0.3, 0.4) is 0 Å². The normalized spacial score (nSPS) is 10.3. The Balaban J connectivity index is 2.11. The van der Waals surface area contributed by atoms with Gasteiger partial charge in [-0.25, -0.2) is 0 Å². The predicted octanol–water partition coefficient (Wildman–Crippen LogP) is 3.16. The molecule has 104 valence electrons. The maximum Gasteiger partial charge on any atom is 0.253 e. The summed E-state index contributed by atoms with van der Waals surface area (Å²) in [7, 11) is 1.80. The van der Waals surface area contributed by atoms with Crippen molar-refractivity contribution in [3.63, 3.8) is 0 Å². The van der Waals surface area contributed by atoms with E-state index in [1.54, 1.807) is 18.0 Å². The molecule has 0 bridgehead atoms. The molecule has 0 radical (unpaired) electrons. The standard InChI is InChI=1S/C17H20N2O/c1-12-4-7-14(8-5-12)11-19(3)17(20)15-9-6-13(2)16(18)10-15/h4-10H,11,18H2,1-3H3. The van der Waals surface area contributed by atoms with E-state index in [0.29, 0.717) is 17.8 Å². The third kappa shape index (κ3) is 3.18. The van der Waals surface area contributed by atoms with Gasteiger partial charge in [-0.15, -0.1) is 0 Å². The van der Waals surface area contributed by atoms with Crippen molar-refractivity contribution in [2.75, 3.05) is 12.8 Å². The molecule has 1 amide bonds. The molecule has 0 saturated heterocycles. The third-order valence-corrected chi connectivity index (χ3v) is 3.41. The summed E-state index contributed by atoms with van der Waals surface area (Å²) in [6.45, 7) is 4.57. The van der Waals surface area contributed by atoms with Crippen LogP contribution in [0.25, 0.3) is 0 Å². The lowest BCUT2D eigenvalue weighted by molar-refractivity contribution is 0.0785. The molecular formula is C17H20N2O. The summed E-state index contributed by atoms with van der Waals surface area (Å²) in [5.41, 5.74) is 10.5. The molecule has 0 aliphatic heterocycles. The van der Waals surface area contributed by atoms with Crippen molar-refractivity contribution in [1.29, 1.82) is 0 Å². The van der Waals surface area contributed by atoms with E-state index in [9.17, 15) is 4.79 Å². The summed E-state index contributed by atoms with van der Waals surface area (Å²) in [5.74, 6) is -0.0164. The highest BCUT2D eigenvalue weighted by Gasteiger charge is 2.12. The van der Waals surface area contributed by atoms with Crippen LogP contribution in [0.2, 0.25) is 0 Å². The van der Waals surface area contributed by atoms with E-state index in [-0.39, 0.29) is 5.91 Å². The Hall–Kier alpha value is -2.29. The van der Waals surface area contributed by atoms with Crippen molar-refractivity contribution < 1.29 is 4.79 Å². The van der Waals surface area contributed by atoms with Crippen LogP contribution in [0, 0.1) is 13.8 Å². The molecule has 2 rings (SSSR count). The number of nitrogens with zero attached hydrogens (tertiary/aromatic N) is 1. The van der Waals surface area contributed by atoms with Gasteiger partial charge in [0.05, 0.1) is 0 Å². The average Bonchev–Trinajstić information content (AvgIpc) is 2.43. The van der Waals surface area contributed by atoms with Crippen molar-refractivity contribution in [2.24, 2.45) is 0 Å². The number of carbonyl (C=O) groups excluding carboxylic acids is 1. The van der Waals surface area contributed by atoms with Gasteiger partial charge in [0.25, 0.3) is 5.91 Å². The van der Waals surface area contributed by atoms with E-state index in [0.717, 1.165) is 11.1 Å². The Bertz CT molecular complexity index is 617. The monoisotopic (exact) mass is 268 g/mol. The van der Waals surface area contributed by atoms with Gasteiger partial charge in [-0.2, -0.15) is 0 Å². The molecule has 0 fully saturated rings. The van der Waals surface area contributed by atoms with Crippen LogP contribution in [0.1, 0.15) is 27.0 Å². The summed E-state index contributed by atoms with van der Waals surface area (Å²) in [4.78, 5) is 14.1. The highest BCUT2D eigenvalue weighted by Crippen LogP contribution is 2.15. The topological polar surface area (TPSA) is 46.3 Å². The molecule has 2 N–H and O–H groups in total. The minimum absolute atomic E-state index is 0.0164. The molecular weight excluding hydrogens is 248 g/mol. The van der Waals surface area contributed by atoms with Crippen LogP contribution < -0.4 is 5.73 Å². The minimum atomic E-state index is -0.0164. The fourth-order valence-electron chi connectivity index (χ4n) is 2.03. The number of carbonyl (C=O) groups is 1. The van der Waals surface area contributed by atoms with E-state index in [2.05, 4.69) is 12.1 Å². The largest absolute Gasteiger partial charge is 0.398 e. The van der Waals surface area contributed by atoms with Crippen LogP contribution in [-0.2, 0) is 6.54 Å². The quantitative estimate of drug-likeness (QED) is 0.869. The van der Waals surface area contributed by atoms with Gasteiger partial charge >= 0.3 is 0 Å². The Morgan fingerprint density at radius 3 is 2.35 bits per heavy atom. The van der Waals surface area contributed by atoms with Crippen LogP contribution in [0.5, 0.6) is 0 Å². The molecule has 0 aromatic heterocycles. The zero-order valence-electron chi connectivity index (χ0n) is 12.2. The third-order valence-electron chi connectivity index (χ3n) is 3.41. The smallest absolute Gasteiger partial charge is 0.253 e. The zero-order chi connectivity index (χ0) is 14.7. The van der Waals surface area contributed by atoms with Crippen LogP contribution in [0.4, 0.5) is 5.69 Å². The lowest BCUT2D eigenvalue weighted by Gasteiger charge is -2.18. The molecule has 0 aliphatic rings. The molecule has 0 aliphatic carbocycles. The number of benzene rings is 2. The molecule has 0 unspecified atom stereocenters. The summed E-state index contributed by atoms with van der Waals surface area (Å²) in [5, 5.41) is 0. The second-order valence-corrected chi connectivity index (χ2v) is 5.22. The fourth-order valence-corrected chi connectivity index (χ4v) is 2.03. The Labute approximate surface area is 120 Å². The van der Waals surface area contributed by atoms with Crippen molar-refractivity contribution in [3.8, 4) is 0 Å². The van der Waals surface area contributed by atoms with Gasteiger partial charge < -0.3 is 10.6 Å². The van der Waals surface area contributed by atoms with Gasteiger partial charge in [-0.05, 0) is 37.1 Å². The first-order valence-corrected chi connectivity index (χ1v) is 6.64. The van der Waals surface area contributed by atoms with Crippen LogP contribution in [0.15, 0.2) is 42.5 Å². The molecule has 0 heterocycles. The summed E-state index contributed by atoms with van der Waals surface area (Å²) >= 11 is 0. The summed E-state index contributed by atoms with van der Waals surface area (Å²) in [6, 6.07) is 13.6. The number of nitrogen functional groups attached to an aromatic ring is 1. The second kappa shape index (κ2) is 5.78. The van der Waals surface area contributed by atoms with E-state index >= 15 is 0 Å². The molecule has 2 aromatic carbocycles. The molecule has 0 spiro atoms. The molecule has 0 atom stereocenters. The van der Waals surface area contributed by atoms with Crippen molar-refractivity contribution in [3.05, 3.63) is 64.7 Å². The van der Waals surface area contributed by atoms with Gasteiger partial charge in [0.15, 0.2) is 0 Å². The maximum atomic E-state index is 12.3. The SMILES string of the molecule is Cc1ccc(CN(C)C(=O)c2ccc(C)c(N)c2)cc1. The number of amides is 1. The van der Waals surface area contributed by atoms with Gasteiger partial charge in [0.2, 0.25) is 0 Å². The van der Waals surface area contributed by atoms with Crippen molar-refractivity contribution in [1.82, 2.24) is 4.90 Å². The Kier molecular flexibility index (Phi) is 4.08. The fraction of sp³-hybridized carbons (Fsp3) is 0.235. The first-order valence-electron chi connectivity index (χ1n) is 6.64. The maximum absolute atomic E-state index is 12.3. The summed E-state index contributed by atoms with van der Waals surface area (Å²) < 4.78 is 0. The van der Waals surface area contributed by atoms with E-state index in [1.165, 1.54) is 5.56 Å². The molecule has 20 heavy (non-hydrogen) atoms. The van der Waals surface area contributed by atoms with Crippen LogP contribution >= 0.6 is 0 Å². The number of anilines is 1. The van der Waals surface area contributed by atoms with Crippen molar-refractivity contribution in [2.45, 2.75) is 20.4 Å². The number of rotatable bonds is 3. The number of hydrogen-bond acceptors (Lipinski definition) is 2. The highest BCUT2D eigenvalue weighted by atomic mass is 16.2. The van der Waals surface area contributed by atoms with E-state index < -0.39 is 0 Å². The lowest BCUT2D eigenvalue weighted by Crippen LogP contribution is -2.26. The zero-order valence-corrected chi connectivity index (χ0v) is 12.2. The Morgan fingerprint density at radius 1 is 1.10 bits per heavy atom. The van der Waals surface area contributed by atoms with Gasteiger partial charge in [-0.1, -0.05) is 35.9 Å². The average molecular weight is 268 g/mol. The number of nitrogens with two attached hydrogens (primary N) is 1. The number of hydrogen-bond donors (Lipinski definition) is 1. The first-order chi connectivity index (χ1) is 9.47. The van der Waals surface area contributed by atoms with Gasteiger partial charge in [0, 0.05) is 24.8 Å². The number of aryl methyl sites for hydroxylation is 2.